The Kier molecular flexibility index (Phi) is 8.59. The third kappa shape index (κ3) is 8.33. The molecule has 13 heavy (non-hydrogen) atoms. The lowest BCUT2D eigenvalue weighted by Gasteiger charge is -2.13. The van der Waals surface area contributed by atoms with Crippen molar-refractivity contribution in [3.8, 4) is 0 Å². The summed E-state index contributed by atoms with van der Waals surface area (Å²) in [5.74, 6) is 1.90. The van der Waals surface area contributed by atoms with Crippen molar-refractivity contribution in [3.05, 3.63) is 0 Å². The topological polar surface area (TPSA) is 0 Å². The molecular formula is C13H28. The van der Waals surface area contributed by atoms with Gasteiger partial charge in [-0.15, -0.1) is 0 Å². The highest BCUT2D eigenvalue weighted by Gasteiger charge is 2.04. The van der Waals surface area contributed by atoms with Crippen LogP contribution in [0.4, 0.5) is 0 Å². The lowest BCUT2D eigenvalue weighted by Crippen LogP contribution is -1.99. The molecule has 0 aliphatic carbocycles. The molecule has 0 bridgehead atoms. The van der Waals surface area contributed by atoms with Crippen LogP contribution in [0, 0.1) is 11.8 Å². The second kappa shape index (κ2) is 8.59. The molecule has 0 aromatic heterocycles. The Morgan fingerprint density at radius 2 is 1.38 bits per heavy atom. The molecule has 0 fully saturated rings. The Hall–Kier alpha value is 0. The van der Waals surface area contributed by atoms with Gasteiger partial charge in [0.1, 0.15) is 0 Å². The highest BCUT2D eigenvalue weighted by atomic mass is 14.1. The number of rotatable bonds is 8. The van der Waals surface area contributed by atoms with E-state index in [0.29, 0.717) is 0 Å². The van der Waals surface area contributed by atoms with Gasteiger partial charge in [0.25, 0.3) is 0 Å². The molecule has 0 N–H and O–H groups in total. The zero-order valence-corrected chi connectivity index (χ0v) is 10.1. The summed E-state index contributed by atoms with van der Waals surface area (Å²) >= 11 is 0. The molecule has 0 aliphatic heterocycles. The molecule has 0 rings (SSSR count). The van der Waals surface area contributed by atoms with E-state index >= 15 is 0 Å². The molecule has 80 valence electrons. The third-order valence-electron chi connectivity index (χ3n) is 3.15. The van der Waals surface area contributed by atoms with Crippen molar-refractivity contribution < 1.29 is 0 Å². The fourth-order valence-electron chi connectivity index (χ4n) is 1.66. The Morgan fingerprint density at radius 1 is 0.769 bits per heavy atom. The van der Waals surface area contributed by atoms with Crippen molar-refractivity contribution >= 4 is 0 Å². The first-order valence-corrected chi connectivity index (χ1v) is 6.20. The summed E-state index contributed by atoms with van der Waals surface area (Å²) < 4.78 is 0. The number of hydrogen-bond acceptors (Lipinski definition) is 0. The Morgan fingerprint density at radius 3 is 1.92 bits per heavy atom. The lowest BCUT2D eigenvalue weighted by molar-refractivity contribution is 0.395. The van der Waals surface area contributed by atoms with Crippen LogP contribution in [0.15, 0.2) is 0 Å². The van der Waals surface area contributed by atoms with Gasteiger partial charge in [-0.3, -0.25) is 0 Å². The fraction of sp³-hybridized carbons (Fsp3) is 1.00. The molecule has 0 aliphatic rings. The largest absolute Gasteiger partial charge is 0.0654 e. The number of hydrogen-bond donors (Lipinski definition) is 0. The van der Waals surface area contributed by atoms with Crippen molar-refractivity contribution in [2.45, 2.75) is 72.6 Å². The van der Waals surface area contributed by atoms with Crippen LogP contribution in [0.1, 0.15) is 72.6 Å². The van der Waals surface area contributed by atoms with E-state index < -0.39 is 0 Å². The normalized spacial score (nSPS) is 15.7. The summed E-state index contributed by atoms with van der Waals surface area (Å²) in [5.41, 5.74) is 0. The van der Waals surface area contributed by atoms with Crippen LogP contribution in [-0.4, -0.2) is 0 Å². The van der Waals surface area contributed by atoms with Crippen LogP contribution in [-0.2, 0) is 0 Å². The van der Waals surface area contributed by atoms with Crippen molar-refractivity contribution in [2.24, 2.45) is 11.8 Å². The summed E-state index contributed by atoms with van der Waals surface area (Å²) in [6.45, 7) is 9.37. The first kappa shape index (κ1) is 13.0. The maximum atomic E-state index is 2.41. The van der Waals surface area contributed by atoms with E-state index in [0.717, 1.165) is 11.8 Å². The van der Waals surface area contributed by atoms with Crippen molar-refractivity contribution in [3.63, 3.8) is 0 Å². The van der Waals surface area contributed by atoms with Crippen LogP contribution in [0.5, 0.6) is 0 Å². The van der Waals surface area contributed by atoms with Gasteiger partial charge in [0.15, 0.2) is 0 Å². The minimum absolute atomic E-state index is 0.939. The van der Waals surface area contributed by atoms with Gasteiger partial charge in [0.05, 0.1) is 0 Å². The van der Waals surface area contributed by atoms with Crippen LogP contribution in [0.2, 0.25) is 0 Å². The van der Waals surface area contributed by atoms with Crippen LogP contribution >= 0.6 is 0 Å². The van der Waals surface area contributed by atoms with Crippen molar-refractivity contribution in [1.82, 2.24) is 0 Å². The summed E-state index contributed by atoms with van der Waals surface area (Å²) in [4.78, 5) is 0. The van der Waals surface area contributed by atoms with Gasteiger partial charge in [-0.05, 0) is 11.8 Å². The summed E-state index contributed by atoms with van der Waals surface area (Å²) in [6.07, 6.45) is 9.90. The van der Waals surface area contributed by atoms with Crippen LogP contribution in [0.25, 0.3) is 0 Å². The average molecular weight is 184 g/mol. The van der Waals surface area contributed by atoms with E-state index in [1.807, 2.05) is 0 Å². The van der Waals surface area contributed by atoms with Crippen molar-refractivity contribution in [2.75, 3.05) is 0 Å². The van der Waals surface area contributed by atoms with Gasteiger partial charge in [-0.1, -0.05) is 72.6 Å². The van der Waals surface area contributed by atoms with E-state index in [9.17, 15) is 0 Å². The highest BCUT2D eigenvalue weighted by Crippen LogP contribution is 2.19. The van der Waals surface area contributed by atoms with Gasteiger partial charge in [-0.2, -0.15) is 0 Å². The predicted molar refractivity (Wildman–Crippen MR) is 62.0 cm³/mol. The highest BCUT2D eigenvalue weighted by molar-refractivity contribution is 4.57. The smallest absolute Gasteiger partial charge is 0.0443 e. The second-order valence-electron chi connectivity index (χ2n) is 4.69. The minimum Gasteiger partial charge on any atom is -0.0654 e. The van der Waals surface area contributed by atoms with Gasteiger partial charge in [0, 0.05) is 0 Å². The van der Waals surface area contributed by atoms with E-state index in [1.54, 1.807) is 0 Å². The van der Waals surface area contributed by atoms with Crippen LogP contribution in [0.3, 0.4) is 0 Å². The molecule has 0 spiro atoms. The molecule has 0 aromatic carbocycles. The zero-order chi connectivity index (χ0) is 10.1. The maximum absolute atomic E-state index is 2.41. The first-order chi connectivity index (χ1) is 6.20. The number of unbranched alkanes of at least 4 members (excludes halogenated alkanes) is 2. The van der Waals surface area contributed by atoms with Gasteiger partial charge in [0.2, 0.25) is 0 Å². The summed E-state index contributed by atoms with van der Waals surface area (Å²) in [5, 5.41) is 0. The minimum atomic E-state index is 0.939. The molecule has 0 radical (unpaired) electrons. The molecule has 2 unspecified atom stereocenters. The SMILES string of the molecule is CCCCCC(C)CCC(C)CC. The van der Waals surface area contributed by atoms with Crippen LogP contribution < -0.4 is 0 Å². The Labute approximate surface area is 85.1 Å². The van der Waals surface area contributed by atoms with Gasteiger partial charge >= 0.3 is 0 Å². The quantitative estimate of drug-likeness (QED) is 0.464. The summed E-state index contributed by atoms with van der Waals surface area (Å²) in [6, 6.07) is 0. The monoisotopic (exact) mass is 184 g/mol. The van der Waals surface area contributed by atoms with Gasteiger partial charge in [-0.25, -0.2) is 0 Å². The standard InChI is InChI=1S/C13H28/c1-5-7-8-9-13(4)11-10-12(3)6-2/h12-13H,5-11H2,1-4H3. The van der Waals surface area contributed by atoms with E-state index in [4.69, 9.17) is 0 Å². The Balaban J connectivity index is 3.24. The van der Waals surface area contributed by atoms with Gasteiger partial charge < -0.3 is 0 Å². The first-order valence-electron chi connectivity index (χ1n) is 6.20. The molecule has 0 heteroatoms. The second-order valence-corrected chi connectivity index (χ2v) is 4.69. The molecule has 0 saturated carbocycles. The molecule has 0 amide bonds. The molecule has 0 nitrogen and oxygen atoms in total. The van der Waals surface area contributed by atoms with E-state index in [2.05, 4.69) is 27.7 Å². The summed E-state index contributed by atoms with van der Waals surface area (Å²) in [7, 11) is 0. The molecule has 0 aromatic rings. The van der Waals surface area contributed by atoms with E-state index in [1.165, 1.54) is 44.9 Å². The average Bonchev–Trinajstić information content (AvgIpc) is 2.14. The predicted octanol–water partition coefficient (Wildman–Crippen LogP) is 5.03. The molecule has 2 atom stereocenters. The molecule has 0 heterocycles. The Bertz CT molecular complexity index is 96.2. The van der Waals surface area contributed by atoms with Crippen molar-refractivity contribution in [1.29, 1.82) is 0 Å². The fourth-order valence-corrected chi connectivity index (χ4v) is 1.66. The van der Waals surface area contributed by atoms with E-state index in [-0.39, 0.29) is 0 Å². The molecule has 0 saturated heterocycles. The third-order valence-corrected chi connectivity index (χ3v) is 3.15. The molecular weight excluding hydrogens is 156 g/mol. The maximum Gasteiger partial charge on any atom is -0.0443 e. The lowest BCUT2D eigenvalue weighted by atomic mass is 9.93. The zero-order valence-electron chi connectivity index (χ0n) is 10.1.